The van der Waals surface area contributed by atoms with E-state index in [9.17, 15) is 0 Å². The molecule has 0 aliphatic heterocycles. The van der Waals surface area contributed by atoms with Crippen LogP contribution in [-0.2, 0) is 17.9 Å². The van der Waals surface area contributed by atoms with Gasteiger partial charge in [0.2, 0.25) is 0 Å². The Hall–Kier alpha value is -1.36. The second-order valence-corrected chi connectivity index (χ2v) is 5.55. The number of methoxy groups -OCH3 is 1. The molecule has 3 aromatic rings. The van der Waals surface area contributed by atoms with Gasteiger partial charge in [0.15, 0.2) is 0 Å². The molecule has 0 aliphatic carbocycles. The lowest BCUT2D eigenvalue weighted by atomic mass is 10.1. The van der Waals surface area contributed by atoms with E-state index in [-0.39, 0.29) is 0 Å². The van der Waals surface area contributed by atoms with E-state index in [1.54, 1.807) is 7.11 Å². The van der Waals surface area contributed by atoms with Crippen LogP contribution in [0.4, 0.5) is 0 Å². The molecule has 1 aromatic heterocycles. The Balaban J connectivity index is 2.35. The molecule has 20 heavy (non-hydrogen) atoms. The smallest absolute Gasteiger partial charge is 0.149 e. The third-order valence-corrected chi connectivity index (χ3v) is 4.24. The van der Waals surface area contributed by atoms with E-state index >= 15 is 0 Å². The highest BCUT2D eigenvalue weighted by molar-refractivity contribution is 9.10. The Bertz CT molecular complexity index is 764. The van der Waals surface area contributed by atoms with Gasteiger partial charge in [0.05, 0.1) is 17.6 Å². The van der Waals surface area contributed by atoms with Gasteiger partial charge in [0, 0.05) is 18.1 Å². The molecule has 1 heterocycles. The molecule has 0 bridgehead atoms. The summed E-state index contributed by atoms with van der Waals surface area (Å²) in [5.41, 5.74) is 2.00. The molecule has 0 saturated carbocycles. The monoisotopic (exact) mass is 333 g/mol. The largest absolute Gasteiger partial charge is 0.458 e. The number of ether oxygens (including phenoxy) is 1. The number of fused-ring (bicyclic) bond motifs is 2. The van der Waals surface area contributed by atoms with E-state index in [0.29, 0.717) is 13.2 Å². The van der Waals surface area contributed by atoms with Gasteiger partial charge >= 0.3 is 0 Å². The van der Waals surface area contributed by atoms with Gasteiger partial charge < -0.3 is 14.5 Å². The van der Waals surface area contributed by atoms with Crippen molar-refractivity contribution < 1.29 is 9.15 Å². The van der Waals surface area contributed by atoms with Crippen LogP contribution in [0.1, 0.15) is 11.3 Å². The maximum absolute atomic E-state index is 6.04. The molecule has 0 unspecified atom stereocenters. The Morgan fingerprint density at radius 2 is 2.05 bits per heavy atom. The highest BCUT2D eigenvalue weighted by Gasteiger charge is 2.17. The summed E-state index contributed by atoms with van der Waals surface area (Å²) in [6, 6.07) is 10.5. The van der Waals surface area contributed by atoms with Gasteiger partial charge in [-0.25, -0.2) is 0 Å². The normalized spacial score (nSPS) is 11.6. The maximum Gasteiger partial charge on any atom is 0.149 e. The van der Waals surface area contributed by atoms with Gasteiger partial charge in [-0.15, -0.1) is 0 Å². The minimum absolute atomic E-state index is 0.550. The summed E-state index contributed by atoms with van der Waals surface area (Å²) in [7, 11) is 3.62. The van der Waals surface area contributed by atoms with Crippen LogP contribution in [0.3, 0.4) is 0 Å². The second kappa shape index (κ2) is 5.56. The fourth-order valence-electron chi connectivity index (χ4n) is 2.55. The molecule has 0 radical (unpaired) electrons. The van der Waals surface area contributed by atoms with E-state index in [2.05, 4.69) is 39.4 Å². The van der Waals surface area contributed by atoms with Crippen molar-refractivity contribution in [3.05, 3.63) is 46.1 Å². The molecule has 1 N–H and O–H groups in total. The highest BCUT2D eigenvalue weighted by Crippen LogP contribution is 2.37. The van der Waals surface area contributed by atoms with Crippen LogP contribution in [0.15, 0.2) is 39.2 Å². The molecule has 0 fully saturated rings. The summed E-state index contributed by atoms with van der Waals surface area (Å²) in [4.78, 5) is 0. The summed E-state index contributed by atoms with van der Waals surface area (Å²) in [5, 5.41) is 6.61. The molecule has 0 atom stereocenters. The van der Waals surface area contributed by atoms with Crippen molar-refractivity contribution in [3.8, 4) is 0 Å². The third-order valence-electron chi connectivity index (χ3n) is 3.45. The van der Waals surface area contributed by atoms with Crippen molar-refractivity contribution in [1.29, 1.82) is 0 Å². The number of rotatable bonds is 4. The lowest BCUT2D eigenvalue weighted by molar-refractivity contribution is 0.183. The van der Waals surface area contributed by atoms with Gasteiger partial charge in [-0.2, -0.15) is 0 Å². The molecular weight excluding hydrogens is 318 g/mol. The predicted molar refractivity (Wildman–Crippen MR) is 84.9 cm³/mol. The zero-order valence-electron chi connectivity index (χ0n) is 11.5. The average molecular weight is 334 g/mol. The minimum Gasteiger partial charge on any atom is -0.458 e. The van der Waals surface area contributed by atoms with Crippen molar-refractivity contribution in [2.75, 3.05) is 14.2 Å². The van der Waals surface area contributed by atoms with Gasteiger partial charge in [0.1, 0.15) is 11.3 Å². The molecule has 3 nitrogen and oxygen atoms in total. The number of hydrogen-bond acceptors (Lipinski definition) is 3. The minimum atomic E-state index is 0.550. The quantitative estimate of drug-likeness (QED) is 0.776. The SMILES string of the molecule is CNCc1oc2c(Br)c3ccccc3cc2c1COC. The van der Waals surface area contributed by atoms with E-state index in [1.807, 2.05) is 19.2 Å². The number of furan rings is 1. The van der Waals surface area contributed by atoms with Crippen LogP contribution in [0, 0.1) is 0 Å². The average Bonchev–Trinajstić information content (AvgIpc) is 2.79. The molecule has 104 valence electrons. The van der Waals surface area contributed by atoms with E-state index in [4.69, 9.17) is 9.15 Å². The maximum atomic E-state index is 6.04. The van der Waals surface area contributed by atoms with Gasteiger partial charge in [-0.05, 0) is 39.8 Å². The Morgan fingerprint density at radius 1 is 1.25 bits per heavy atom. The zero-order chi connectivity index (χ0) is 14.1. The summed E-state index contributed by atoms with van der Waals surface area (Å²) >= 11 is 3.68. The summed E-state index contributed by atoms with van der Waals surface area (Å²) in [5.74, 6) is 0.931. The first kappa shape index (κ1) is 13.6. The zero-order valence-corrected chi connectivity index (χ0v) is 13.1. The number of halogens is 1. The standard InChI is InChI=1S/C16H16BrNO2/c1-18-8-14-13(9-19-2)12-7-10-5-3-4-6-11(10)15(17)16(12)20-14/h3-7,18H,8-9H2,1-2H3. The predicted octanol–water partition coefficient (Wildman–Crippen LogP) is 4.21. The van der Waals surface area contributed by atoms with Crippen molar-refractivity contribution >= 4 is 37.7 Å². The van der Waals surface area contributed by atoms with Gasteiger partial charge in [-0.1, -0.05) is 24.3 Å². The fourth-order valence-corrected chi connectivity index (χ4v) is 3.20. The second-order valence-electron chi connectivity index (χ2n) is 4.76. The number of hydrogen-bond donors (Lipinski definition) is 1. The van der Waals surface area contributed by atoms with E-state index in [0.717, 1.165) is 32.2 Å². The lowest BCUT2D eigenvalue weighted by Crippen LogP contribution is -2.06. The van der Waals surface area contributed by atoms with E-state index in [1.165, 1.54) is 5.39 Å². The van der Waals surface area contributed by atoms with Crippen molar-refractivity contribution in [2.24, 2.45) is 0 Å². The van der Waals surface area contributed by atoms with Crippen LogP contribution in [-0.4, -0.2) is 14.2 Å². The summed E-state index contributed by atoms with van der Waals surface area (Å²) in [6.45, 7) is 1.24. The lowest BCUT2D eigenvalue weighted by Gasteiger charge is -2.03. The van der Waals surface area contributed by atoms with Gasteiger partial charge in [0.25, 0.3) is 0 Å². The summed E-state index contributed by atoms with van der Waals surface area (Å²) < 4.78 is 12.4. The highest BCUT2D eigenvalue weighted by atomic mass is 79.9. The Morgan fingerprint density at radius 3 is 2.80 bits per heavy atom. The molecule has 2 aromatic carbocycles. The topological polar surface area (TPSA) is 34.4 Å². The van der Waals surface area contributed by atoms with E-state index < -0.39 is 0 Å². The summed E-state index contributed by atoms with van der Waals surface area (Å²) in [6.07, 6.45) is 0. The molecule has 0 aliphatic rings. The van der Waals surface area contributed by atoms with Gasteiger partial charge in [-0.3, -0.25) is 0 Å². The van der Waals surface area contributed by atoms with Crippen LogP contribution in [0.25, 0.3) is 21.7 Å². The first-order valence-electron chi connectivity index (χ1n) is 6.51. The molecule has 0 amide bonds. The van der Waals surface area contributed by atoms with Crippen LogP contribution >= 0.6 is 15.9 Å². The molecule has 0 saturated heterocycles. The Labute approximate surface area is 126 Å². The first-order chi connectivity index (χ1) is 9.76. The molecule has 3 rings (SSSR count). The molecule has 4 heteroatoms. The Kier molecular flexibility index (Phi) is 3.78. The first-order valence-corrected chi connectivity index (χ1v) is 7.30. The van der Waals surface area contributed by atoms with Crippen LogP contribution in [0.2, 0.25) is 0 Å². The molecule has 0 spiro atoms. The van der Waals surface area contributed by atoms with Crippen molar-refractivity contribution in [3.63, 3.8) is 0 Å². The van der Waals surface area contributed by atoms with Crippen LogP contribution < -0.4 is 5.32 Å². The third kappa shape index (κ3) is 2.14. The number of benzene rings is 2. The molecular formula is C16H16BrNO2. The van der Waals surface area contributed by atoms with Crippen molar-refractivity contribution in [2.45, 2.75) is 13.2 Å². The number of nitrogens with one attached hydrogen (secondary N) is 1. The fraction of sp³-hybridized carbons (Fsp3) is 0.250. The van der Waals surface area contributed by atoms with Crippen molar-refractivity contribution in [1.82, 2.24) is 5.32 Å². The van der Waals surface area contributed by atoms with Crippen LogP contribution in [0.5, 0.6) is 0 Å².